The van der Waals surface area contributed by atoms with Gasteiger partial charge in [-0.3, -0.25) is 9.59 Å². The van der Waals surface area contributed by atoms with Gasteiger partial charge < -0.3 is 19.7 Å². The van der Waals surface area contributed by atoms with E-state index in [0.717, 1.165) is 12.8 Å². The van der Waals surface area contributed by atoms with Gasteiger partial charge in [-0.1, -0.05) is 19.1 Å². The zero-order chi connectivity index (χ0) is 17.4. The summed E-state index contributed by atoms with van der Waals surface area (Å²) in [5.74, 6) is 1.23. The van der Waals surface area contributed by atoms with Crippen molar-refractivity contribution in [2.75, 3.05) is 26.3 Å². The summed E-state index contributed by atoms with van der Waals surface area (Å²) < 4.78 is 11.0. The first-order chi connectivity index (χ1) is 11.6. The molecule has 132 valence electrons. The Hall–Kier alpha value is -2.24. The molecule has 0 aromatic heterocycles. The van der Waals surface area contributed by atoms with Gasteiger partial charge in [-0.2, -0.15) is 0 Å². The molecule has 0 radical (unpaired) electrons. The topological polar surface area (TPSA) is 67.9 Å². The Labute approximate surface area is 143 Å². The molecular weight excluding hydrogens is 308 g/mol. The molecule has 1 saturated heterocycles. The van der Waals surface area contributed by atoms with E-state index in [-0.39, 0.29) is 24.5 Å². The van der Waals surface area contributed by atoms with Crippen LogP contribution in [0, 0.1) is 0 Å². The van der Waals surface area contributed by atoms with Gasteiger partial charge in [-0.25, -0.2) is 0 Å². The van der Waals surface area contributed by atoms with E-state index >= 15 is 0 Å². The van der Waals surface area contributed by atoms with Crippen molar-refractivity contribution in [2.24, 2.45) is 0 Å². The average molecular weight is 334 g/mol. The molecule has 2 rings (SSSR count). The maximum absolute atomic E-state index is 12.1. The molecule has 1 aliphatic heterocycles. The number of carbonyl (C=O) groups is 2. The van der Waals surface area contributed by atoms with Crippen molar-refractivity contribution < 1.29 is 19.1 Å². The molecule has 0 atom stereocenters. The molecule has 6 heteroatoms. The Balaban J connectivity index is 1.75. The van der Waals surface area contributed by atoms with Gasteiger partial charge in [0.05, 0.1) is 6.61 Å². The summed E-state index contributed by atoms with van der Waals surface area (Å²) in [6, 6.07) is 7.41. The molecule has 0 spiro atoms. The van der Waals surface area contributed by atoms with Gasteiger partial charge in [0.25, 0.3) is 5.91 Å². The van der Waals surface area contributed by atoms with Gasteiger partial charge >= 0.3 is 0 Å². The summed E-state index contributed by atoms with van der Waals surface area (Å²) >= 11 is 0. The molecule has 0 aliphatic carbocycles. The molecule has 24 heavy (non-hydrogen) atoms. The highest BCUT2D eigenvalue weighted by atomic mass is 16.5. The number of para-hydroxylation sites is 2. The highest BCUT2D eigenvalue weighted by molar-refractivity contribution is 5.78. The SMILES string of the molecule is CCOc1ccccc1OCC(=O)NC1CCN(C(=O)CC)CC1. The second-order valence-corrected chi connectivity index (χ2v) is 5.74. The van der Waals surface area contributed by atoms with Crippen molar-refractivity contribution in [3.63, 3.8) is 0 Å². The molecule has 1 aromatic rings. The van der Waals surface area contributed by atoms with Crippen molar-refractivity contribution in [3.8, 4) is 11.5 Å². The minimum absolute atomic E-state index is 0.0435. The summed E-state index contributed by atoms with van der Waals surface area (Å²) in [4.78, 5) is 25.6. The Morgan fingerprint density at radius 3 is 2.33 bits per heavy atom. The van der Waals surface area contributed by atoms with Crippen LogP contribution in [0.25, 0.3) is 0 Å². The molecule has 1 N–H and O–H groups in total. The van der Waals surface area contributed by atoms with Gasteiger partial charge in [0, 0.05) is 25.6 Å². The van der Waals surface area contributed by atoms with Gasteiger partial charge in [-0.05, 0) is 31.9 Å². The van der Waals surface area contributed by atoms with Crippen LogP contribution in [0.15, 0.2) is 24.3 Å². The highest BCUT2D eigenvalue weighted by Gasteiger charge is 2.23. The summed E-state index contributed by atoms with van der Waals surface area (Å²) in [5, 5.41) is 2.98. The van der Waals surface area contributed by atoms with E-state index in [2.05, 4.69) is 5.32 Å². The number of hydrogen-bond acceptors (Lipinski definition) is 4. The summed E-state index contributed by atoms with van der Waals surface area (Å²) in [7, 11) is 0. The van der Waals surface area contributed by atoms with E-state index in [4.69, 9.17) is 9.47 Å². The number of nitrogens with zero attached hydrogens (tertiary/aromatic N) is 1. The molecule has 0 saturated carbocycles. The van der Waals surface area contributed by atoms with E-state index < -0.39 is 0 Å². The number of likely N-dealkylation sites (tertiary alicyclic amines) is 1. The number of nitrogens with one attached hydrogen (secondary N) is 1. The van der Waals surface area contributed by atoms with Crippen molar-refractivity contribution in [1.29, 1.82) is 0 Å². The van der Waals surface area contributed by atoms with E-state index in [9.17, 15) is 9.59 Å². The predicted molar refractivity (Wildman–Crippen MR) is 91.1 cm³/mol. The lowest BCUT2D eigenvalue weighted by molar-refractivity contribution is -0.132. The van der Waals surface area contributed by atoms with Gasteiger partial charge in [-0.15, -0.1) is 0 Å². The Morgan fingerprint density at radius 1 is 1.12 bits per heavy atom. The number of amides is 2. The lowest BCUT2D eigenvalue weighted by Gasteiger charge is -2.32. The fourth-order valence-electron chi connectivity index (χ4n) is 2.75. The molecule has 0 unspecified atom stereocenters. The molecule has 1 aliphatic rings. The second kappa shape index (κ2) is 9.15. The van der Waals surface area contributed by atoms with Crippen LogP contribution in [0.1, 0.15) is 33.1 Å². The third kappa shape index (κ3) is 5.15. The first-order valence-electron chi connectivity index (χ1n) is 8.55. The van der Waals surface area contributed by atoms with E-state index in [1.807, 2.05) is 36.9 Å². The van der Waals surface area contributed by atoms with E-state index in [0.29, 0.717) is 37.6 Å². The zero-order valence-electron chi connectivity index (χ0n) is 14.4. The summed E-state index contributed by atoms with van der Waals surface area (Å²) in [5.41, 5.74) is 0. The van der Waals surface area contributed by atoms with Crippen LogP contribution >= 0.6 is 0 Å². The number of ether oxygens (including phenoxy) is 2. The molecular formula is C18H26N2O4. The third-order valence-electron chi connectivity index (χ3n) is 4.02. The lowest BCUT2D eigenvalue weighted by atomic mass is 10.0. The molecule has 6 nitrogen and oxygen atoms in total. The Kier molecular flexibility index (Phi) is 6.90. The quantitative estimate of drug-likeness (QED) is 0.828. The lowest BCUT2D eigenvalue weighted by Crippen LogP contribution is -2.47. The maximum Gasteiger partial charge on any atom is 0.258 e. The number of piperidine rings is 1. The van der Waals surface area contributed by atoms with Crippen molar-refractivity contribution in [3.05, 3.63) is 24.3 Å². The predicted octanol–water partition coefficient (Wildman–Crippen LogP) is 1.98. The molecule has 1 fully saturated rings. The smallest absolute Gasteiger partial charge is 0.258 e. The summed E-state index contributed by atoms with van der Waals surface area (Å²) in [6.45, 7) is 5.67. The maximum atomic E-state index is 12.1. The molecule has 0 bridgehead atoms. The third-order valence-corrected chi connectivity index (χ3v) is 4.02. The fourth-order valence-corrected chi connectivity index (χ4v) is 2.75. The van der Waals surface area contributed by atoms with Crippen molar-refractivity contribution in [1.82, 2.24) is 10.2 Å². The van der Waals surface area contributed by atoms with Crippen LogP contribution in [0.5, 0.6) is 11.5 Å². The second-order valence-electron chi connectivity index (χ2n) is 5.74. The molecule has 1 aromatic carbocycles. The largest absolute Gasteiger partial charge is 0.490 e. The minimum Gasteiger partial charge on any atom is -0.490 e. The molecule has 2 amide bonds. The van der Waals surface area contributed by atoms with Crippen molar-refractivity contribution in [2.45, 2.75) is 39.2 Å². The standard InChI is InChI=1S/C18H26N2O4/c1-3-18(22)20-11-9-14(10-12-20)19-17(21)13-24-16-8-6-5-7-15(16)23-4-2/h5-8,14H,3-4,9-13H2,1-2H3,(H,19,21). The first kappa shape index (κ1) is 18.1. The van der Waals surface area contributed by atoms with Crippen LogP contribution in [-0.2, 0) is 9.59 Å². The average Bonchev–Trinajstić information content (AvgIpc) is 2.61. The van der Waals surface area contributed by atoms with Gasteiger partial charge in [0.2, 0.25) is 5.91 Å². The number of carbonyl (C=O) groups excluding carboxylic acids is 2. The van der Waals surface area contributed by atoms with Crippen LogP contribution in [0.3, 0.4) is 0 Å². The van der Waals surface area contributed by atoms with E-state index in [1.54, 1.807) is 6.07 Å². The summed E-state index contributed by atoms with van der Waals surface area (Å²) in [6.07, 6.45) is 2.10. The van der Waals surface area contributed by atoms with Crippen LogP contribution in [-0.4, -0.2) is 49.1 Å². The van der Waals surface area contributed by atoms with Crippen LogP contribution < -0.4 is 14.8 Å². The monoisotopic (exact) mass is 334 g/mol. The van der Waals surface area contributed by atoms with Gasteiger partial charge in [0.15, 0.2) is 18.1 Å². The molecule has 1 heterocycles. The van der Waals surface area contributed by atoms with Crippen LogP contribution in [0.4, 0.5) is 0 Å². The number of hydrogen-bond donors (Lipinski definition) is 1. The number of benzene rings is 1. The fraction of sp³-hybridized carbons (Fsp3) is 0.556. The minimum atomic E-state index is -0.151. The Bertz CT molecular complexity index is 554. The van der Waals surface area contributed by atoms with Crippen LogP contribution in [0.2, 0.25) is 0 Å². The van der Waals surface area contributed by atoms with Crippen molar-refractivity contribution >= 4 is 11.8 Å². The van der Waals surface area contributed by atoms with E-state index in [1.165, 1.54) is 0 Å². The normalized spacial score (nSPS) is 15.0. The Morgan fingerprint density at radius 2 is 1.75 bits per heavy atom. The zero-order valence-corrected chi connectivity index (χ0v) is 14.4. The first-order valence-corrected chi connectivity index (χ1v) is 8.55. The number of rotatable bonds is 7. The highest BCUT2D eigenvalue weighted by Crippen LogP contribution is 2.26. The van der Waals surface area contributed by atoms with Gasteiger partial charge in [0.1, 0.15) is 0 Å².